The quantitative estimate of drug-likeness (QED) is 0.622. The summed E-state index contributed by atoms with van der Waals surface area (Å²) in [5.41, 5.74) is 0.264. The molecule has 1 aromatic carbocycles. The Hall–Kier alpha value is -2.75. The number of morpholine rings is 1. The maximum Gasteiger partial charge on any atom is 0.260 e. The van der Waals surface area contributed by atoms with Crippen molar-refractivity contribution in [1.82, 2.24) is 20.2 Å². The molecule has 2 N–H and O–H groups in total. The van der Waals surface area contributed by atoms with E-state index in [-0.39, 0.29) is 12.5 Å². The average molecular weight is 442 g/mol. The number of rotatable bonds is 8. The molecule has 2 aromatic rings. The van der Waals surface area contributed by atoms with Gasteiger partial charge in [0.2, 0.25) is 5.95 Å². The van der Waals surface area contributed by atoms with E-state index in [0.29, 0.717) is 57.6 Å². The first-order valence-corrected chi connectivity index (χ1v) is 11.1. The second kappa shape index (κ2) is 10.7. The van der Waals surface area contributed by atoms with E-state index >= 15 is 0 Å². The standard InChI is InChI=1S/C23H31N5O4/c29-21(27-11-13-31-14-12-27)16-32-20-5-3-19(4-6-20)15-24-17-23(30)7-1-10-28(18-23)22-25-8-2-9-26-22/h2-6,8-9,24,30H,1,7,10-18H2/t23-/m1/s1. The number of nitrogens with one attached hydrogen (secondary N) is 1. The van der Waals surface area contributed by atoms with Crippen molar-refractivity contribution in [2.24, 2.45) is 0 Å². The third-order valence-electron chi connectivity index (χ3n) is 5.82. The highest BCUT2D eigenvalue weighted by Crippen LogP contribution is 2.23. The molecule has 2 fully saturated rings. The molecule has 0 aliphatic carbocycles. The Morgan fingerprint density at radius 3 is 2.66 bits per heavy atom. The van der Waals surface area contributed by atoms with Gasteiger partial charge in [0.25, 0.3) is 5.91 Å². The Kier molecular flexibility index (Phi) is 7.51. The van der Waals surface area contributed by atoms with Crippen LogP contribution < -0.4 is 15.0 Å². The summed E-state index contributed by atoms with van der Waals surface area (Å²) in [6.45, 7) is 4.92. The fourth-order valence-corrected chi connectivity index (χ4v) is 4.07. The van der Waals surface area contributed by atoms with Gasteiger partial charge >= 0.3 is 0 Å². The highest BCUT2D eigenvalue weighted by molar-refractivity contribution is 5.77. The number of piperidine rings is 1. The van der Waals surface area contributed by atoms with Gasteiger partial charge in [0.05, 0.1) is 25.4 Å². The average Bonchev–Trinajstić information content (AvgIpc) is 2.84. The predicted octanol–water partition coefficient (Wildman–Crippen LogP) is 0.835. The summed E-state index contributed by atoms with van der Waals surface area (Å²) in [6.07, 6.45) is 5.08. The molecule has 1 aromatic heterocycles. The molecule has 0 radical (unpaired) electrons. The van der Waals surface area contributed by atoms with Crippen LogP contribution >= 0.6 is 0 Å². The molecule has 2 aliphatic heterocycles. The normalized spacial score (nSPS) is 21.4. The van der Waals surface area contributed by atoms with Gasteiger partial charge < -0.3 is 29.7 Å². The van der Waals surface area contributed by atoms with Gasteiger partial charge in [-0.1, -0.05) is 12.1 Å². The van der Waals surface area contributed by atoms with Gasteiger partial charge in [-0.15, -0.1) is 0 Å². The van der Waals surface area contributed by atoms with E-state index in [1.54, 1.807) is 23.4 Å². The number of nitrogens with zero attached hydrogens (tertiary/aromatic N) is 4. The molecule has 0 spiro atoms. The number of carbonyl (C=O) groups excluding carboxylic acids is 1. The molecule has 32 heavy (non-hydrogen) atoms. The van der Waals surface area contributed by atoms with E-state index in [2.05, 4.69) is 15.3 Å². The van der Waals surface area contributed by atoms with Crippen molar-refractivity contribution in [3.8, 4) is 5.75 Å². The van der Waals surface area contributed by atoms with Crippen LogP contribution in [0.1, 0.15) is 18.4 Å². The Morgan fingerprint density at radius 2 is 1.91 bits per heavy atom. The summed E-state index contributed by atoms with van der Waals surface area (Å²) in [5, 5.41) is 14.4. The zero-order valence-electron chi connectivity index (χ0n) is 18.3. The summed E-state index contributed by atoms with van der Waals surface area (Å²) in [6, 6.07) is 9.47. The van der Waals surface area contributed by atoms with Gasteiger partial charge in [-0.2, -0.15) is 0 Å². The van der Waals surface area contributed by atoms with Gasteiger partial charge in [-0.05, 0) is 36.6 Å². The molecular weight excluding hydrogens is 410 g/mol. The minimum atomic E-state index is -0.819. The largest absolute Gasteiger partial charge is 0.484 e. The molecule has 4 rings (SSSR count). The van der Waals surface area contributed by atoms with Gasteiger partial charge in [-0.3, -0.25) is 4.79 Å². The van der Waals surface area contributed by atoms with E-state index in [1.807, 2.05) is 29.2 Å². The fourth-order valence-electron chi connectivity index (χ4n) is 4.07. The zero-order chi connectivity index (χ0) is 22.2. The van der Waals surface area contributed by atoms with Crippen LogP contribution in [0.4, 0.5) is 5.95 Å². The first-order valence-electron chi connectivity index (χ1n) is 11.1. The number of ether oxygens (including phenoxy) is 2. The first kappa shape index (κ1) is 22.4. The summed E-state index contributed by atoms with van der Waals surface area (Å²) < 4.78 is 10.9. The molecule has 0 unspecified atom stereocenters. The third kappa shape index (κ3) is 6.15. The number of amides is 1. The Bertz CT molecular complexity index is 860. The van der Waals surface area contributed by atoms with Crippen molar-refractivity contribution in [2.45, 2.75) is 25.0 Å². The monoisotopic (exact) mass is 441 g/mol. The Balaban J connectivity index is 1.20. The number of aromatic nitrogens is 2. The van der Waals surface area contributed by atoms with Gasteiger partial charge in [0.1, 0.15) is 5.75 Å². The highest BCUT2D eigenvalue weighted by Gasteiger charge is 2.33. The van der Waals surface area contributed by atoms with Crippen LogP contribution in [0.25, 0.3) is 0 Å². The molecular formula is C23H31N5O4. The van der Waals surface area contributed by atoms with Crippen molar-refractivity contribution < 1.29 is 19.4 Å². The van der Waals surface area contributed by atoms with Crippen molar-refractivity contribution in [2.75, 3.05) is 57.4 Å². The van der Waals surface area contributed by atoms with E-state index in [0.717, 1.165) is 24.9 Å². The lowest BCUT2D eigenvalue weighted by molar-refractivity contribution is -0.137. The number of β-amino-alcohol motifs (C(OH)–C–C–N with tert-alkyl or cyclic N) is 1. The highest BCUT2D eigenvalue weighted by atomic mass is 16.5. The van der Waals surface area contributed by atoms with Crippen molar-refractivity contribution in [1.29, 1.82) is 0 Å². The first-order chi connectivity index (χ1) is 15.6. The molecule has 0 saturated carbocycles. The SMILES string of the molecule is O=C(COc1ccc(CNC[C@]2(O)CCCN(c3ncccn3)C2)cc1)N1CCOCC1. The molecule has 0 bridgehead atoms. The zero-order valence-corrected chi connectivity index (χ0v) is 18.3. The molecule has 1 atom stereocenters. The molecule has 2 saturated heterocycles. The minimum Gasteiger partial charge on any atom is -0.484 e. The van der Waals surface area contributed by atoms with Crippen LogP contribution in [0.15, 0.2) is 42.7 Å². The van der Waals surface area contributed by atoms with Crippen LogP contribution in [-0.2, 0) is 16.1 Å². The molecule has 172 valence electrons. The summed E-state index contributed by atoms with van der Waals surface area (Å²) >= 11 is 0. The lowest BCUT2D eigenvalue weighted by Gasteiger charge is -2.39. The number of aliphatic hydroxyl groups is 1. The van der Waals surface area contributed by atoms with E-state index in [1.165, 1.54) is 0 Å². The lowest BCUT2D eigenvalue weighted by atomic mass is 9.93. The number of hydrogen-bond acceptors (Lipinski definition) is 8. The lowest BCUT2D eigenvalue weighted by Crippen LogP contribution is -2.53. The minimum absolute atomic E-state index is 0.0188. The number of hydrogen-bond donors (Lipinski definition) is 2. The molecule has 9 nitrogen and oxygen atoms in total. The molecule has 3 heterocycles. The van der Waals surface area contributed by atoms with Crippen LogP contribution in [0.3, 0.4) is 0 Å². The topological polar surface area (TPSA) is 100 Å². The van der Waals surface area contributed by atoms with Crippen molar-refractivity contribution >= 4 is 11.9 Å². The van der Waals surface area contributed by atoms with Crippen LogP contribution in [0.2, 0.25) is 0 Å². The van der Waals surface area contributed by atoms with E-state index in [9.17, 15) is 9.90 Å². The second-order valence-corrected chi connectivity index (χ2v) is 8.33. The molecule has 9 heteroatoms. The smallest absolute Gasteiger partial charge is 0.260 e. The van der Waals surface area contributed by atoms with Crippen molar-refractivity contribution in [3.05, 3.63) is 48.3 Å². The summed E-state index contributed by atoms with van der Waals surface area (Å²) in [7, 11) is 0. The van der Waals surface area contributed by atoms with Crippen molar-refractivity contribution in [3.63, 3.8) is 0 Å². The van der Waals surface area contributed by atoms with Crippen LogP contribution in [0, 0.1) is 0 Å². The maximum atomic E-state index is 12.2. The third-order valence-corrected chi connectivity index (χ3v) is 5.82. The summed E-state index contributed by atoms with van der Waals surface area (Å²) in [5.74, 6) is 1.31. The van der Waals surface area contributed by atoms with Crippen LogP contribution in [0.5, 0.6) is 5.75 Å². The van der Waals surface area contributed by atoms with E-state index in [4.69, 9.17) is 9.47 Å². The Labute approximate surface area is 188 Å². The molecule has 2 aliphatic rings. The summed E-state index contributed by atoms with van der Waals surface area (Å²) in [4.78, 5) is 24.6. The maximum absolute atomic E-state index is 12.2. The van der Waals surface area contributed by atoms with Crippen LogP contribution in [-0.4, -0.2) is 84.0 Å². The fraction of sp³-hybridized carbons (Fsp3) is 0.522. The van der Waals surface area contributed by atoms with E-state index < -0.39 is 5.60 Å². The molecule has 1 amide bonds. The number of anilines is 1. The second-order valence-electron chi connectivity index (χ2n) is 8.33. The Morgan fingerprint density at radius 1 is 1.16 bits per heavy atom. The predicted molar refractivity (Wildman–Crippen MR) is 119 cm³/mol. The van der Waals surface area contributed by atoms with Gasteiger partial charge in [0.15, 0.2) is 6.61 Å². The number of carbonyl (C=O) groups is 1. The number of benzene rings is 1. The van der Waals surface area contributed by atoms with Gasteiger partial charge in [0, 0.05) is 45.1 Å². The van der Waals surface area contributed by atoms with Gasteiger partial charge in [-0.25, -0.2) is 9.97 Å².